The first-order valence-electron chi connectivity index (χ1n) is 26.6. The van der Waals surface area contributed by atoms with Crippen molar-refractivity contribution in [2.24, 2.45) is 0 Å². The average molecular weight is 935 g/mol. The van der Waals surface area contributed by atoms with Crippen LogP contribution in [-0.4, -0.2) is 37.2 Å². The van der Waals surface area contributed by atoms with E-state index in [1.54, 1.807) is 0 Å². The normalized spacial score (nSPS) is 13.4. The molecular formula is C62H94O6. The number of hydrogen-bond acceptors (Lipinski definition) is 6. The molecule has 0 N–H and O–H groups in total. The molecule has 0 rings (SSSR count). The van der Waals surface area contributed by atoms with Crippen LogP contribution in [0.25, 0.3) is 0 Å². The first kappa shape index (κ1) is 63.0. The summed E-state index contributed by atoms with van der Waals surface area (Å²) in [5, 5.41) is 0. The summed E-state index contributed by atoms with van der Waals surface area (Å²) in [5.41, 5.74) is 0. The van der Waals surface area contributed by atoms with Gasteiger partial charge in [0.15, 0.2) is 6.10 Å². The fraction of sp³-hybridized carbons (Fsp3) is 0.532. The van der Waals surface area contributed by atoms with Crippen molar-refractivity contribution in [3.8, 4) is 0 Å². The van der Waals surface area contributed by atoms with Crippen molar-refractivity contribution >= 4 is 17.9 Å². The second kappa shape index (κ2) is 54.6. The molecule has 0 saturated heterocycles. The van der Waals surface area contributed by atoms with Gasteiger partial charge in [0.25, 0.3) is 0 Å². The van der Waals surface area contributed by atoms with Gasteiger partial charge in [-0.15, -0.1) is 0 Å². The Morgan fingerprint density at radius 1 is 0.324 bits per heavy atom. The zero-order valence-electron chi connectivity index (χ0n) is 43.0. The van der Waals surface area contributed by atoms with Crippen LogP contribution in [0.3, 0.4) is 0 Å². The van der Waals surface area contributed by atoms with Gasteiger partial charge in [-0.25, -0.2) is 0 Å². The Hall–Kier alpha value is -4.97. The molecule has 0 heterocycles. The van der Waals surface area contributed by atoms with Crippen LogP contribution in [0, 0.1) is 0 Å². The van der Waals surface area contributed by atoms with Crippen LogP contribution in [0.4, 0.5) is 0 Å². The molecule has 0 spiro atoms. The van der Waals surface area contributed by atoms with E-state index in [2.05, 4.69) is 99.8 Å². The van der Waals surface area contributed by atoms with Gasteiger partial charge in [0, 0.05) is 19.3 Å². The predicted molar refractivity (Wildman–Crippen MR) is 292 cm³/mol. The molecule has 0 aromatic carbocycles. The highest BCUT2D eigenvalue weighted by atomic mass is 16.6. The largest absolute Gasteiger partial charge is 0.462 e. The molecule has 0 amide bonds. The Morgan fingerprint density at radius 3 is 1.15 bits per heavy atom. The Labute approximate surface area is 416 Å². The smallest absolute Gasteiger partial charge is 0.306 e. The van der Waals surface area contributed by atoms with E-state index < -0.39 is 6.10 Å². The summed E-state index contributed by atoms with van der Waals surface area (Å²) in [6, 6.07) is 0. The predicted octanol–water partition coefficient (Wildman–Crippen LogP) is 17.8. The molecule has 0 aliphatic rings. The standard InChI is InChI=1S/C62H94O6/c1-4-7-10-13-16-19-22-25-27-29-31-33-34-37-40-43-46-49-52-55-61(64)67-58-59(57-66-60(63)54-51-48-45-42-39-36-24-21-18-15-12-9-6-3)68-62(65)56-53-50-47-44-41-38-35-32-30-28-26-23-20-17-14-11-8-5-2/h7,10,13,16-17,19-20,22-23,25-37,39-40,45,48,59H,4-6,8-9,11-12,14-15,18,21,24,38,41-44,46-47,49-58H2,1-3H3/b10-7-,16-13-,20-17-,22-19-,26-23-,27-25-,30-28-,31-29+,34-33-,35-32-,39-36-,40-37-,48-45-. The van der Waals surface area contributed by atoms with Crippen molar-refractivity contribution in [2.75, 3.05) is 13.2 Å². The van der Waals surface area contributed by atoms with Gasteiger partial charge in [0.05, 0.1) is 0 Å². The maximum Gasteiger partial charge on any atom is 0.306 e. The van der Waals surface area contributed by atoms with Crippen molar-refractivity contribution < 1.29 is 28.6 Å². The zero-order chi connectivity index (χ0) is 49.3. The Balaban J connectivity index is 4.64. The molecule has 0 aliphatic heterocycles. The van der Waals surface area contributed by atoms with E-state index in [1.165, 1.54) is 57.8 Å². The molecule has 1 atom stereocenters. The summed E-state index contributed by atoms with van der Waals surface area (Å²) >= 11 is 0. The minimum Gasteiger partial charge on any atom is -0.462 e. The van der Waals surface area contributed by atoms with Gasteiger partial charge in [-0.1, -0.05) is 249 Å². The van der Waals surface area contributed by atoms with Crippen LogP contribution in [0.5, 0.6) is 0 Å². The molecule has 1 unspecified atom stereocenters. The van der Waals surface area contributed by atoms with E-state index in [0.29, 0.717) is 12.8 Å². The van der Waals surface area contributed by atoms with E-state index in [9.17, 15) is 14.4 Å². The maximum atomic E-state index is 12.8. The summed E-state index contributed by atoms with van der Waals surface area (Å²) in [5.74, 6) is -1.08. The lowest BCUT2D eigenvalue weighted by molar-refractivity contribution is -0.166. The summed E-state index contributed by atoms with van der Waals surface area (Å²) < 4.78 is 16.7. The van der Waals surface area contributed by atoms with E-state index in [4.69, 9.17) is 14.2 Å². The highest BCUT2D eigenvalue weighted by molar-refractivity contribution is 5.71. The van der Waals surface area contributed by atoms with Gasteiger partial charge < -0.3 is 14.2 Å². The van der Waals surface area contributed by atoms with Crippen LogP contribution in [0.2, 0.25) is 0 Å². The third-order valence-corrected chi connectivity index (χ3v) is 10.5. The molecule has 0 aromatic heterocycles. The van der Waals surface area contributed by atoms with Gasteiger partial charge >= 0.3 is 17.9 Å². The number of carbonyl (C=O) groups excluding carboxylic acids is 3. The van der Waals surface area contributed by atoms with E-state index in [1.807, 2.05) is 79.0 Å². The molecule has 0 aromatic rings. The fourth-order valence-electron chi connectivity index (χ4n) is 6.55. The molecule has 0 fully saturated rings. The van der Waals surface area contributed by atoms with Gasteiger partial charge in [0.1, 0.15) is 13.2 Å². The molecule has 378 valence electrons. The third kappa shape index (κ3) is 52.0. The van der Waals surface area contributed by atoms with Crippen LogP contribution < -0.4 is 0 Å². The van der Waals surface area contributed by atoms with E-state index in [0.717, 1.165) is 83.5 Å². The van der Waals surface area contributed by atoms with Crippen LogP contribution in [0.15, 0.2) is 158 Å². The highest BCUT2D eigenvalue weighted by Crippen LogP contribution is 2.12. The van der Waals surface area contributed by atoms with Crippen molar-refractivity contribution in [2.45, 2.75) is 200 Å². The summed E-state index contributed by atoms with van der Waals surface area (Å²) in [6.45, 7) is 6.31. The molecular weight excluding hydrogens is 841 g/mol. The zero-order valence-corrected chi connectivity index (χ0v) is 43.0. The first-order chi connectivity index (χ1) is 33.5. The Bertz CT molecular complexity index is 1590. The van der Waals surface area contributed by atoms with Crippen LogP contribution in [0.1, 0.15) is 194 Å². The summed E-state index contributed by atoms with van der Waals surface area (Å²) in [4.78, 5) is 38.0. The topological polar surface area (TPSA) is 78.9 Å². The lowest BCUT2D eigenvalue weighted by Crippen LogP contribution is -2.30. The van der Waals surface area contributed by atoms with Crippen molar-refractivity contribution in [1.29, 1.82) is 0 Å². The number of unbranched alkanes of at least 4 members (excludes halogenated alkanes) is 17. The molecule has 6 heteroatoms. The van der Waals surface area contributed by atoms with Gasteiger partial charge in [-0.2, -0.15) is 0 Å². The average Bonchev–Trinajstić information content (AvgIpc) is 3.34. The highest BCUT2D eigenvalue weighted by Gasteiger charge is 2.19. The number of rotatable bonds is 45. The van der Waals surface area contributed by atoms with Crippen LogP contribution >= 0.6 is 0 Å². The lowest BCUT2D eigenvalue weighted by Gasteiger charge is -2.18. The van der Waals surface area contributed by atoms with E-state index in [-0.39, 0.29) is 50.4 Å². The quantitative estimate of drug-likeness (QED) is 0.0199. The third-order valence-electron chi connectivity index (χ3n) is 10.5. The number of esters is 3. The fourth-order valence-corrected chi connectivity index (χ4v) is 6.55. The minimum atomic E-state index is -0.840. The number of hydrogen-bond donors (Lipinski definition) is 0. The maximum absolute atomic E-state index is 12.8. The summed E-state index contributed by atoms with van der Waals surface area (Å²) in [7, 11) is 0. The van der Waals surface area contributed by atoms with Crippen LogP contribution in [-0.2, 0) is 28.6 Å². The Morgan fingerprint density at radius 2 is 0.662 bits per heavy atom. The Kier molecular flexibility index (Phi) is 50.6. The number of ether oxygens (including phenoxy) is 3. The molecule has 0 radical (unpaired) electrons. The summed E-state index contributed by atoms with van der Waals surface area (Å²) in [6.07, 6.45) is 79.4. The lowest BCUT2D eigenvalue weighted by atomic mass is 10.1. The monoisotopic (exact) mass is 935 g/mol. The SMILES string of the molecule is CC\C=C/C=C\C=C/C=C\C=C\C=C/C=C\CCCCCC(=O)OCC(COC(=O)CC/C=C\C/C=C\CCCCCCCC)OC(=O)CCCCCCC\C=C/C=C\C=C/C=C\CCCCC. The van der Waals surface area contributed by atoms with Gasteiger partial charge in [0.2, 0.25) is 0 Å². The second-order valence-electron chi connectivity index (χ2n) is 17.0. The van der Waals surface area contributed by atoms with E-state index >= 15 is 0 Å². The number of carbonyl (C=O) groups is 3. The van der Waals surface area contributed by atoms with Gasteiger partial charge in [-0.05, 0) is 83.5 Å². The second-order valence-corrected chi connectivity index (χ2v) is 17.0. The first-order valence-corrected chi connectivity index (χ1v) is 26.6. The molecule has 0 bridgehead atoms. The van der Waals surface area contributed by atoms with Gasteiger partial charge in [-0.3, -0.25) is 14.4 Å². The molecule has 68 heavy (non-hydrogen) atoms. The molecule has 0 saturated carbocycles. The van der Waals surface area contributed by atoms with Crippen molar-refractivity contribution in [3.63, 3.8) is 0 Å². The number of allylic oxidation sites excluding steroid dienone is 26. The molecule has 0 aliphatic carbocycles. The minimum absolute atomic E-state index is 0.137. The van der Waals surface area contributed by atoms with Crippen molar-refractivity contribution in [1.82, 2.24) is 0 Å². The van der Waals surface area contributed by atoms with Crippen molar-refractivity contribution in [3.05, 3.63) is 158 Å². The molecule has 6 nitrogen and oxygen atoms in total.